The van der Waals surface area contributed by atoms with Crippen LogP contribution in [0, 0.1) is 0 Å². The Morgan fingerprint density at radius 2 is 0.210 bits per heavy atom. The average molecular weight is 2010 g/mol. The summed E-state index contributed by atoms with van der Waals surface area (Å²) in [7, 11) is -4.55. The first kappa shape index (κ1) is 136. The third-order valence-corrected chi connectivity index (χ3v) is 51.9. The Kier molecular flexibility index (Phi) is 137. The van der Waals surface area contributed by atoms with E-state index < -0.39 is 43.6 Å². The summed E-state index contributed by atoms with van der Waals surface area (Å²) in [6.45, 7) is 43.8. The van der Waals surface area contributed by atoms with Crippen LogP contribution >= 0.6 is 43.6 Å². The normalized spacial score (nSPS) is 11.3. The van der Waals surface area contributed by atoms with Gasteiger partial charge in [0.25, 0.3) is 0 Å². The minimum atomic E-state index is -0.796. The summed E-state index contributed by atoms with van der Waals surface area (Å²) >= 11 is 0. The van der Waals surface area contributed by atoms with Crippen molar-refractivity contribution in [3.8, 4) is 0 Å². The first-order valence-corrected chi connectivity index (χ1v) is 59.9. The number of rotatable bonds is 69. The van der Waals surface area contributed by atoms with Crippen LogP contribution in [0.3, 0.4) is 0 Å². The lowest BCUT2D eigenvalue weighted by Crippen LogP contribution is -3.00. The van der Waals surface area contributed by atoms with Gasteiger partial charge in [-0.25, -0.2) is 0 Å². The zero-order chi connectivity index (χ0) is 75.8. The van der Waals surface area contributed by atoms with Gasteiger partial charge in [0.1, 0.15) is 0 Å². The van der Waals surface area contributed by atoms with Crippen molar-refractivity contribution in [1.29, 1.82) is 0 Å². The molecule has 0 saturated heterocycles. The fourth-order valence-electron chi connectivity index (χ4n) is 14.8. The predicted octanol–water partition coefficient (Wildman–Crippen LogP) is 9.57. The van der Waals surface area contributed by atoms with Gasteiger partial charge in [-0.1, -0.05) is 240 Å². The van der Waals surface area contributed by atoms with Gasteiger partial charge in [0.15, 0.2) is 0 Å². The molecule has 0 aliphatic carbocycles. The minimum absolute atomic E-state index is 0. The fraction of sp³-hybridized carbons (Fsp3) is 1.00. The van der Waals surface area contributed by atoms with Crippen LogP contribution in [0.4, 0.5) is 0 Å². The lowest BCUT2D eigenvalue weighted by molar-refractivity contribution is -0.00100. The molecule has 18 heteroatoms. The molecule has 0 spiro atoms. The summed E-state index contributed by atoms with van der Waals surface area (Å²) in [5.41, 5.74) is 0. The Labute approximate surface area is 736 Å². The Bertz CT molecular complexity index is 1160. The first-order chi connectivity index (χ1) is 48.0. The summed E-state index contributed by atoms with van der Waals surface area (Å²) in [6.07, 6.45) is 85.8. The molecule has 0 unspecified atom stereocenters. The second-order valence-corrected chi connectivity index (χ2v) is 58.0. The van der Waals surface area contributed by atoms with E-state index >= 15 is 0 Å². The highest BCUT2D eigenvalue weighted by Gasteiger charge is 2.39. The van der Waals surface area contributed by atoms with Crippen molar-refractivity contribution in [1.82, 2.24) is 0 Å². The van der Waals surface area contributed by atoms with Gasteiger partial charge in [0.05, 0.1) is 168 Å². The molecule has 0 rings (SSSR count). The average Bonchev–Trinajstić information content (AvgIpc) is 0.793. The SMILES string of the molecule is CCCC[P+](CCCC)(CCCC)CCCO.CCCC[P+](CCCC)(CCCC)CCCO.CCCC[P+](CCCC)(CCCC)CCCO.CCCC[P+](CCO)(CCCC)CCCC.CCCC[P+](CCO)(CCCC)CCCC.CCCC[P+](CCO)(CCCC)CCCC.[Br-].[Br-].[Cl-].[Cl-].[I-].[I-]. The monoisotopic (exact) mass is 2010 g/mol. The molecule has 6 N–H and O–H groups in total. The molecule has 0 aliphatic rings. The van der Waals surface area contributed by atoms with Crippen LogP contribution in [0.15, 0.2) is 0 Å². The van der Waals surface area contributed by atoms with Gasteiger partial charge >= 0.3 is 0 Å². The second kappa shape index (κ2) is 105. The molecule has 0 aromatic heterocycles. The molecule has 6 nitrogen and oxygen atoms in total. The minimum Gasteiger partial charge on any atom is -1.00 e. The molecule has 0 heterocycles. The topological polar surface area (TPSA) is 121 Å². The highest BCUT2D eigenvalue weighted by Crippen LogP contribution is 2.65. The van der Waals surface area contributed by atoms with E-state index in [0.29, 0.717) is 39.6 Å². The maximum Gasteiger partial charge on any atom is 0.0825 e. The molecular weight excluding hydrogens is 1810 g/mol. The van der Waals surface area contributed by atoms with Gasteiger partial charge in [0.2, 0.25) is 0 Å². The number of unbranched alkanes of at least 4 members (excludes halogenated alkanes) is 18. The molecular formula is C87H198Br2Cl2I2O6P6. The standard InChI is InChI=1S/3C15H34OP.3C14H32OP.2BrH.2ClH.2HI/c3*1-4-7-12-17(13-8-5-2,14-9-6-3)15-10-11-16;3*1-4-7-11-16(14-10-15,12-8-5-2)13-9-6-3;;;;;;/h3*16H,4-15H2,1-3H3;3*15H,4-14H2,1-3H3;6*1H/q6*+1;;;;;;/p-6. The maximum absolute atomic E-state index is 9.33. The predicted molar refractivity (Wildman–Crippen MR) is 483 cm³/mol. The van der Waals surface area contributed by atoms with E-state index in [0.717, 1.165) is 37.7 Å². The fourth-order valence-corrected chi connectivity index (χ4v) is 44.3. The van der Waals surface area contributed by atoms with Crippen molar-refractivity contribution in [2.24, 2.45) is 0 Å². The molecule has 105 heavy (non-hydrogen) atoms. The highest BCUT2D eigenvalue weighted by atomic mass is 127. The Balaban J connectivity index is -0.0000000977. The molecule has 0 fully saturated rings. The summed E-state index contributed by atoms with van der Waals surface area (Å²) in [6, 6.07) is 0. The van der Waals surface area contributed by atoms with Gasteiger partial charge in [-0.2, -0.15) is 0 Å². The first-order valence-electron chi connectivity index (χ1n) is 44.7. The van der Waals surface area contributed by atoms with E-state index in [1.54, 1.807) is 0 Å². The van der Waals surface area contributed by atoms with Crippen LogP contribution in [0.1, 0.15) is 375 Å². The van der Waals surface area contributed by atoms with Crippen molar-refractivity contribution in [3.63, 3.8) is 0 Å². The van der Waals surface area contributed by atoms with Gasteiger partial charge in [-0.05, 0) is 116 Å². The van der Waals surface area contributed by atoms with Crippen LogP contribution in [0.25, 0.3) is 0 Å². The Hall–Kier alpha value is 5.34. The van der Waals surface area contributed by atoms with Gasteiger partial charge in [-0.3, -0.25) is 0 Å². The summed E-state index contributed by atoms with van der Waals surface area (Å²) in [4.78, 5) is 0. The van der Waals surface area contributed by atoms with Crippen LogP contribution in [-0.4, -0.2) is 218 Å². The second-order valence-electron chi connectivity index (χ2n) is 31.2. The lowest BCUT2D eigenvalue weighted by Gasteiger charge is -2.27. The van der Waals surface area contributed by atoms with Crippen molar-refractivity contribution in [2.75, 3.05) is 188 Å². The number of aliphatic hydroxyl groups excluding tert-OH is 6. The largest absolute Gasteiger partial charge is 1.00 e. The van der Waals surface area contributed by atoms with Gasteiger partial charge in [0, 0.05) is 82.7 Å². The molecule has 0 radical (unpaired) electrons. The third-order valence-electron chi connectivity index (χ3n) is 21.8. The third kappa shape index (κ3) is 84.2. The zero-order valence-corrected chi connectivity index (χ0v) is 88.8. The lowest BCUT2D eigenvalue weighted by atomic mass is 10.4. The molecule has 0 amide bonds. The maximum atomic E-state index is 9.33. The van der Waals surface area contributed by atoms with Gasteiger partial charge < -0.3 is 137 Å². The quantitative estimate of drug-likeness (QED) is 0.0267. The van der Waals surface area contributed by atoms with E-state index in [1.165, 1.54) is 361 Å². The van der Waals surface area contributed by atoms with E-state index in [1.807, 2.05) is 0 Å². The van der Waals surface area contributed by atoms with Crippen LogP contribution < -0.4 is 107 Å². The van der Waals surface area contributed by atoms with Crippen molar-refractivity contribution in [2.45, 2.75) is 375 Å². The molecule has 0 saturated carbocycles. The van der Waals surface area contributed by atoms with Crippen molar-refractivity contribution in [3.05, 3.63) is 0 Å². The molecule has 0 bridgehead atoms. The molecule has 0 aromatic rings. The zero-order valence-electron chi connectivity index (χ0n) is 74.4. The Morgan fingerprint density at radius 1 is 0.133 bits per heavy atom. The molecule has 0 aliphatic heterocycles. The van der Waals surface area contributed by atoms with E-state index in [4.69, 9.17) is 15.3 Å². The van der Waals surface area contributed by atoms with Crippen molar-refractivity contribution < 1.29 is 137 Å². The number of hydrogen-bond acceptors (Lipinski definition) is 6. The highest BCUT2D eigenvalue weighted by molar-refractivity contribution is 7.77. The number of hydrogen-bond donors (Lipinski definition) is 6. The summed E-state index contributed by atoms with van der Waals surface area (Å²) in [5, 5.41) is 55.4. The van der Waals surface area contributed by atoms with Crippen LogP contribution in [-0.2, 0) is 0 Å². The smallest absolute Gasteiger partial charge is 0.0825 e. The molecule has 654 valence electrons. The van der Waals surface area contributed by atoms with E-state index in [-0.39, 0.29) is 107 Å². The van der Waals surface area contributed by atoms with Crippen LogP contribution in [0.5, 0.6) is 0 Å². The summed E-state index contributed by atoms with van der Waals surface area (Å²) < 4.78 is 0. The van der Waals surface area contributed by atoms with Crippen molar-refractivity contribution >= 4 is 43.6 Å². The van der Waals surface area contributed by atoms with Gasteiger partial charge in [-0.15, -0.1) is 0 Å². The molecule has 0 atom stereocenters. The van der Waals surface area contributed by atoms with E-state index in [2.05, 4.69) is 125 Å². The summed E-state index contributed by atoms with van der Waals surface area (Å²) in [5.74, 6) is 0. The number of aliphatic hydroxyl groups is 6. The number of halogens is 6. The van der Waals surface area contributed by atoms with Crippen LogP contribution in [0.2, 0.25) is 0 Å². The molecule has 0 aromatic carbocycles. The Morgan fingerprint density at radius 3 is 0.276 bits per heavy atom. The van der Waals surface area contributed by atoms with E-state index in [9.17, 15) is 15.3 Å².